The molecule has 0 aliphatic rings. The molecular formula is C19H27Cl2NO4. The summed E-state index contributed by atoms with van der Waals surface area (Å²) in [5, 5.41) is 11.5. The number of halogens is 2. The Morgan fingerprint density at radius 3 is 2.54 bits per heavy atom. The molecule has 0 unspecified atom stereocenters. The predicted octanol–water partition coefficient (Wildman–Crippen LogP) is 5.63. The maximum Gasteiger partial charge on any atom is 0.222 e. The summed E-state index contributed by atoms with van der Waals surface area (Å²) in [6.07, 6.45) is 5.25. The van der Waals surface area contributed by atoms with Crippen LogP contribution in [0.1, 0.15) is 44.2 Å². The first-order valence-corrected chi connectivity index (χ1v) is 9.45. The average molecular weight is 404 g/mol. The minimum Gasteiger partial charge on any atom is -0.493 e. The van der Waals surface area contributed by atoms with Gasteiger partial charge in [-0.2, -0.15) is 0 Å². The van der Waals surface area contributed by atoms with Gasteiger partial charge in [0.2, 0.25) is 5.90 Å². The van der Waals surface area contributed by atoms with Crippen molar-refractivity contribution < 1.29 is 19.4 Å². The summed E-state index contributed by atoms with van der Waals surface area (Å²) >= 11 is 11.2. The molecule has 1 N–H and O–H groups in total. The van der Waals surface area contributed by atoms with E-state index in [0.717, 1.165) is 48.3 Å². The molecule has 7 heteroatoms. The lowest BCUT2D eigenvalue weighted by atomic mass is 10.1. The normalized spacial score (nSPS) is 11.2. The van der Waals surface area contributed by atoms with Crippen molar-refractivity contribution in [1.82, 2.24) is 0 Å². The van der Waals surface area contributed by atoms with Crippen LogP contribution in [-0.4, -0.2) is 30.9 Å². The molecule has 0 radical (unpaired) electrons. The van der Waals surface area contributed by atoms with E-state index in [1.165, 1.54) is 0 Å². The highest BCUT2D eigenvalue weighted by molar-refractivity contribution is 6.55. The topological polar surface area (TPSA) is 60.3 Å². The third kappa shape index (κ3) is 8.68. The molecule has 1 aromatic rings. The van der Waals surface area contributed by atoms with Gasteiger partial charge >= 0.3 is 0 Å². The fourth-order valence-electron chi connectivity index (χ4n) is 2.37. The lowest BCUT2D eigenvalue weighted by Crippen LogP contribution is -2.05. The van der Waals surface area contributed by atoms with Crippen LogP contribution in [0.5, 0.6) is 11.5 Å². The molecule has 0 atom stereocenters. The van der Waals surface area contributed by atoms with Gasteiger partial charge in [-0.1, -0.05) is 35.3 Å². The van der Waals surface area contributed by atoms with E-state index >= 15 is 0 Å². The van der Waals surface area contributed by atoms with Crippen LogP contribution in [0.2, 0.25) is 0 Å². The van der Waals surface area contributed by atoms with E-state index in [2.05, 4.69) is 12.1 Å². The van der Waals surface area contributed by atoms with Gasteiger partial charge in [-0.05, 0) is 61.9 Å². The molecule has 0 bridgehead atoms. The van der Waals surface area contributed by atoms with Crippen LogP contribution in [-0.2, 0) is 11.2 Å². The Hall–Kier alpha value is -1.59. The largest absolute Gasteiger partial charge is 0.493 e. The van der Waals surface area contributed by atoms with Gasteiger partial charge in [0.25, 0.3) is 0 Å². The maximum absolute atomic E-state index is 8.49. The predicted molar refractivity (Wildman–Crippen MR) is 106 cm³/mol. The van der Waals surface area contributed by atoms with E-state index in [-0.39, 0.29) is 10.4 Å². The van der Waals surface area contributed by atoms with E-state index in [1.54, 1.807) is 13.0 Å². The number of nitrogens with zero attached hydrogens (tertiary/aromatic N) is 1. The second-order valence-electron chi connectivity index (χ2n) is 5.76. The standard InChI is InChI=1S/C19H27Cl2NO4/c1-4-16-13-17(25-11-8-18(20)21)12-14(2)19(16)26-10-7-5-6-9-24-15(3)22-23/h8,12-13,23H,4-7,9-11H2,1-3H3. The van der Waals surface area contributed by atoms with Crippen molar-refractivity contribution in [3.8, 4) is 11.5 Å². The zero-order valence-corrected chi connectivity index (χ0v) is 17.1. The van der Waals surface area contributed by atoms with E-state index in [1.807, 2.05) is 19.1 Å². The second kappa shape index (κ2) is 12.7. The maximum atomic E-state index is 8.49. The molecule has 0 aliphatic carbocycles. The van der Waals surface area contributed by atoms with Gasteiger partial charge < -0.3 is 19.4 Å². The molecule has 0 saturated carbocycles. The van der Waals surface area contributed by atoms with Gasteiger partial charge in [0.1, 0.15) is 22.6 Å². The van der Waals surface area contributed by atoms with Crippen LogP contribution >= 0.6 is 23.2 Å². The lowest BCUT2D eigenvalue weighted by molar-refractivity contribution is 0.242. The zero-order valence-electron chi connectivity index (χ0n) is 15.6. The SMILES string of the molecule is CCc1cc(OCC=C(Cl)Cl)cc(C)c1OCCCCCOC(C)=NO. The monoisotopic (exact) mass is 403 g/mol. The average Bonchev–Trinajstić information content (AvgIpc) is 2.61. The Balaban J connectivity index is 2.47. The van der Waals surface area contributed by atoms with Crippen LogP contribution in [0.25, 0.3) is 0 Å². The van der Waals surface area contributed by atoms with Crippen LogP contribution in [0.15, 0.2) is 27.9 Å². The number of hydrogen-bond donors (Lipinski definition) is 1. The second-order valence-corrected chi connectivity index (χ2v) is 6.77. The summed E-state index contributed by atoms with van der Waals surface area (Å²) < 4.78 is 17.0. The zero-order chi connectivity index (χ0) is 19.4. The fraction of sp³-hybridized carbons (Fsp3) is 0.526. The summed E-state index contributed by atoms with van der Waals surface area (Å²) in [7, 11) is 0. The van der Waals surface area contributed by atoms with Crippen molar-refractivity contribution in [3.63, 3.8) is 0 Å². The molecule has 5 nitrogen and oxygen atoms in total. The molecule has 0 heterocycles. The number of ether oxygens (including phenoxy) is 3. The summed E-state index contributed by atoms with van der Waals surface area (Å²) in [5.41, 5.74) is 2.15. The summed E-state index contributed by atoms with van der Waals surface area (Å²) in [5.74, 6) is 1.98. The Morgan fingerprint density at radius 1 is 1.15 bits per heavy atom. The lowest BCUT2D eigenvalue weighted by Gasteiger charge is -2.15. The van der Waals surface area contributed by atoms with Crippen LogP contribution in [0, 0.1) is 6.92 Å². The molecule has 0 aliphatic heterocycles. The molecule has 26 heavy (non-hydrogen) atoms. The van der Waals surface area contributed by atoms with Crippen LogP contribution in [0.3, 0.4) is 0 Å². The molecule has 0 aromatic heterocycles. The van der Waals surface area contributed by atoms with Gasteiger partial charge in [0, 0.05) is 6.92 Å². The van der Waals surface area contributed by atoms with Crippen molar-refractivity contribution in [2.75, 3.05) is 19.8 Å². The number of benzene rings is 1. The molecule has 0 spiro atoms. The minimum atomic E-state index is 0.196. The number of oxime groups is 1. The summed E-state index contributed by atoms with van der Waals surface area (Å²) in [6, 6.07) is 3.94. The fourth-order valence-corrected chi connectivity index (χ4v) is 2.49. The van der Waals surface area contributed by atoms with E-state index in [9.17, 15) is 0 Å². The van der Waals surface area contributed by atoms with Crippen molar-refractivity contribution in [3.05, 3.63) is 33.8 Å². The molecule has 146 valence electrons. The summed E-state index contributed by atoms with van der Waals surface area (Å²) in [6.45, 7) is 7.23. The van der Waals surface area contributed by atoms with Gasteiger partial charge in [-0.3, -0.25) is 0 Å². The molecule has 0 fully saturated rings. The Kier molecular flexibility index (Phi) is 11.0. The molecule has 0 saturated heterocycles. The third-order valence-electron chi connectivity index (χ3n) is 3.68. The minimum absolute atomic E-state index is 0.196. The van der Waals surface area contributed by atoms with Crippen LogP contribution in [0.4, 0.5) is 0 Å². The Morgan fingerprint density at radius 2 is 1.88 bits per heavy atom. The van der Waals surface area contributed by atoms with Crippen molar-refractivity contribution in [2.45, 2.75) is 46.5 Å². The molecule has 0 amide bonds. The smallest absolute Gasteiger partial charge is 0.222 e. The first-order chi connectivity index (χ1) is 12.5. The van der Waals surface area contributed by atoms with Crippen molar-refractivity contribution in [2.24, 2.45) is 5.16 Å². The molecular weight excluding hydrogens is 377 g/mol. The van der Waals surface area contributed by atoms with Crippen molar-refractivity contribution in [1.29, 1.82) is 0 Å². The van der Waals surface area contributed by atoms with Gasteiger partial charge in [-0.25, -0.2) is 0 Å². The van der Waals surface area contributed by atoms with Crippen LogP contribution < -0.4 is 9.47 Å². The Labute approximate surface area is 165 Å². The number of rotatable bonds is 11. The van der Waals surface area contributed by atoms with E-state index in [0.29, 0.717) is 19.8 Å². The van der Waals surface area contributed by atoms with E-state index in [4.69, 9.17) is 42.6 Å². The highest BCUT2D eigenvalue weighted by Crippen LogP contribution is 2.30. The number of unbranched alkanes of at least 4 members (excludes halogenated alkanes) is 2. The Bertz CT molecular complexity index is 614. The van der Waals surface area contributed by atoms with Gasteiger partial charge in [-0.15, -0.1) is 0 Å². The third-order valence-corrected chi connectivity index (χ3v) is 3.99. The van der Waals surface area contributed by atoms with Gasteiger partial charge in [0.15, 0.2) is 0 Å². The van der Waals surface area contributed by atoms with Crippen molar-refractivity contribution >= 4 is 29.1 Å². The highest BCUT2D eigenvalue weighted by atomic mass is 35.5. The quantitative estimate of drug-likeness (QED) is 0.171. The van der Waals surface area contributed by atoms with E-state index < -0.39 is 0 Å². The first kappa shape index (κ1) is 22.5. The van der Waals surface area contributed by atoms with Gasteiger partial charge in [0.05, 0.1) is 13.2 Å². The molecule has 1 rings (SSSR count). The first-order valence-electron chi connectivity index (χ1n) is 8.69. The number of hydrogen-bond acceptors (Lipinski definition) is 5. The summed E-state index contributed by atoms with van der Waals surface area (Å²) in [4.78, 5) is 0. The highest BCUT2D eigenvalue weighted by Gasteiger charge is 2.09. The number of aryl methyl sites for hydroxylation is 2. The molecule has 1 aromatic carbocycles.